The van der Waals surface area contributed by atoms with Gasteiger partial charge in [0.15, 0.2) is 0 Å². The Labute approximate surface area is 96.9 Å². The van der Waals surface area contributed by atoms with Crippen LogP contribution >= 0.6 is 11.6 Å². The van der Waals surface area contributed by atoms with Crippen LogP contribution in [-0.4, -0.2) is 17.1 Å². The first-order valence-corrected chi connectivity index (χ1v) is 4.98. The summed E-state index contributed by atoms with van der Waals surface area (Å²) in [5.41, 5.74) is 1.10. The van der Waals surface area contributed by atoms with Crippen LogP contribution in [0.5, 0.6) is 5.75 Å². The summed E-state index contributed by atoms with van der Waals surface area (Å²) in [6, 6.07) is 7.00. The highest BCUT2D eigenvalue weighted by molar-refractivity contribution is 6.32. The van der Waals surface area contributed by atoms with E-state index in [2.05, 4.69) is 9.97 Å². The smallest absolute Gasteiger partial charge is 0.345 e. The second-order valence-corrected chi connectivity index (χ2v) is 3.55. The molecule has 0 saturated heterocycles. The van der Waals surface area contributed by atoms with Crippen molar-refractivity contribution in [1.29, 1.82) is 0 Å². The lowest BCUT2D eigenvalue weighted by atomic mass is 10.1. The zero-order valence-electron chi connectivity index (χ0n) is 8.53. The monoisotopic (exact) mass is 236 g/mol. The van der Waals surface area contributed by atoms with E-state index in [0.717, 1.165) is 5.56 Å². The van der Waals surface area contributed by atoms with Gasteiger partial charge in [-0.15, -0.1) is 0 Å². The zero-order valence-corrected chi connectivity index (χ0v) is 9.28. The standard InChI is InChI=1S/C11H9ClN2O2/c1-16-10-3-2-7(6-8(10)12)9-4-5-13-11(15)14-9/h2-6H,1H3,(H,13,14,15). The minimum atomic E-state index is -0.385. The molecule has 0 amide bonds. The van der Waals surface area contributed by atoms with Crippen molar-refractivity contribution in [2.75, 3.05) is 7.11 Å². The molecule has 0 fully saturated rings. The van der Waals surface area contributed by atoms with Crippen molar-refractivity contribution in [3.8, 4) is 17.0 Å². The van der Waals surface area contributed by atoms with E-state index in [1.165, 1.54) is 6.20 Å². The number of benzene rings is 1. The topological polar surface area (TPSA) is 55.0 Å². The van der Waals surface area contributed by atoms with Crippen LogP contribution in [0.4, 0.5) is 0 Å². The minimum Gasteiger partial charge on any atom is -0.495 e. The Morgan fingerprint density at radius 3 is 2.81 bits per heavy atom. The Balaban J connectivity index is 2.49. The van der Waals surface area contributed by atoms with Crippen molar-refractivity contribution in [2.45, 2.75) is 0 Å². The molecule has 16 heavy (non-hydrogen) atoms. The third kappa shape index (κ3) is 2.06. The third-order valence-corrected chi connectivity index (χ3v) is 2.43. The summed E-state index contributed by atoms with van der Waals surface area (Å²) in [6.45, 7) is 0. The maximum absolute atomic E-state index is 11.0. The van der Waals surface area contributed by atoms with Gasteiger partial charge in [-0.05, 0) is 29.8 Å². The van der Waals surface area contributed by atoms with E-state index < -0.39 is 0 Å². The molecule has 2 rings (SSSR count). The molecular formula is C11H9ClN2O2. The predicted molar refractivity (Wildman–Crippen MR) is 61.9 cm³/mol. The lowest BCUT2D eigenvalue weighted by Crippen LogP contribution is -2.09. The molecule has 2 aromatic rings. The van der Waals surface area contributed by atoms with E-state index in [9.17, 15) is 4.79 Å². The number of methoxy groups -OCH3 is 1. The van der Waals surface area contributed by atoms with Gasteiger partial charge in [0.05, 0.1) is 17.8 Å². The number of hydrogen-bond acceptors (Lipinski definition) is 3. The van der Waals surface area contributed by atoms with Crippen molar-refractivity contribution in [3.63, 3.8) is 0 Å². The first-order chi connectivity index (χ1) is 7.70. The Kier molecular flexibility index (Phi) is 2.92. The average molecular weight is 237 g/mol. The molecule has 0 aliphatic heterocycles. The van der Waals surface area contributed by atoms with Crippen LogP contribution in [0.1, 0.15) is 0 Å². The molecule has 1 heterocycles. The molecule has 0 bridgehead atoms. The van der Waals surface area contributed by atoms with Gasteiger partial charge in [0, 0.05) is 6.20 Å². The normalized spacial score (nSPS) is 10.1. The lowest BCUT2D eigenvalue weighted by Gasteiger charge is -2.05. The van der Waals surface area contributed by atoms with Gasteiger partial charge in [0.2, 0.25) is 0 Å². The zero-order chi connectivity index (χ0) is 11.5. The van der Waals surface area contributed by atoms with Crippen molar-refractivity contribution in [1.82, 2.24) is 9.97 Å². The Bertz CT molecular complexity index is 566. The number of halogens is 1. The molecule has 0 aliphatic carbocycles. The number of aromatic nitrogens is 2. The second-order valence-electron chi connectivity index (χ2n) is 3.14. The van der Waals surface area contributed by atoms with Gasteiger partial charge in [-0.2, -0.15) is 0 Å². The fourth-order valence-corrected chi connectivity index (χ4v) is 1.63. The van der Waals surface area contributed by atoms with Gasteiger partial charge in [-0.1, -0.05) is 11.6 Å². The van der Waals surface area contributed by atoms with Crippen molar-refractivity contribution < 1.29 is 4.74 Å². The average Bonchev–Trinajstić information content (AvgIpc) is 2.29. The highest BCUT2D eigenvalue weighted by Gasteiger charge is 2.04. The molecule has 0 unspecified atom stereocenters. The molecule has 1 N–H and O–H groups in total. The van der Waals surface area contributed by atoms with E-state index in [4.69, 9.17) is 16.3 Å². The third-order valence-electron chi connectivity index (χ3n) is 2.14. The SMILES string of the molecule is COc1ccc(-c2ccnc(=O)[nH]2)cc1Cl. The summed E-state index contributed by atoms with van der Waals surface area (Å²) in [7, 11) is 1.55. The molecule has 4 nitrogen and oxygen atoms in total. The highest BCUT2D eigenvalue weighted by Crippen LogP contribution is 2.28. The highest BCUT2D eigenvalue weighted by atomic mass is 35.5. The molecule has 0 atom stereocenters. The maximum Gasteiger partial charge on any atom is 0.345 e. The van der Waals surface area contributed by atoms with Crippen molar-refractivity contribution in [2.24, 2.45) is 0 Å². The molecule has 5 heteroatoms. The van der Waals surface area contributed by atoms with Crippen LogP contribution in [0.2, 0.25) is 5.02 Å². The van der Waals surface area contributed by atoms with E-state index in [1.807, 2.05) is 6.07 Å². The number of hydrogen-bond donors (Lipinski definition) is 1. The number of aromatic amines is 1. The van der Waals surface area contributed by atoms with E-state index in [1.54, 1.807) is 25.3 Å². The molecule has 1 aromatic carbocycles. The first-order valence-electron chi connectivity index (χ1n) is 4.60. The minimum absolute atomic E-state index is 0.385. The molecular weight excluding hydrogens is 228 g/mol. The number of rotatable bonds is 2. The summed E-state index contributed by atoms with van der Waals surface area (Å²) in [5, 5.41) is 0.498. The fourth-order valence-electron chi connectivity index (χ4n) is 1.37. The quantitative estimate of drug-likeness (QED) is 0.869. The predicted octanol–water partition coefficient (Wildman–Crippen LogP) is 2.10. The van der Waals surface area contributed by atoms with Crippen LogP contribution < -0.4 is 10.4 Å². The maximum atomic E-state index is 11.0. The van der Waals surface area contributed by atoms with Crippen LogP contribution in [0.3, 0.4) is 0 Å². The second kappa shape index (κ2) is 4.37. The van der Waals surface area contributed by atoms with E-state index >= 15 is 0 Å². The van der Waals surface area contributed by atoms with Crippen LogP contribution in [0.25, 0.3) is 11.3 Å². The van der Waals surface area contributed by atoms with Gasteiger partial charge in [0.1, 0.15) is 5.75 Å². The lowest BCUT2D eigenvalue weighted by molar-refractivity contribution is 0.415. The number of H-pyrrole nitrogens is 1. The fraction of sp³-hybridized carbons (Fsp3) is 0.0909. The largest absolute Gasteiger partial charge is 0.495 e. The van der Waals surface area contributed by atoms with Gasteiger partial charge in [0.25, 0.3) is 0 Å². The number of nitrogens with zero attached hydrogens (tertiary/aromatic N) is 1. The molecule has 0 aliphatic rings. The number of ether oxygens (including phenoxy) is 1. The Morgan fingerprint density at radius 1 is 1.38 bits per heavy atom. The van der Waals surface area contributed by atoms with Gasteiger partial charge >= 0.3 is 5.69 Å². The van der Waals surface area contributed by atoms with E-state index in [-0.39, 0.29) is 5.69 Å². The molecule has 1 aromatic heterocycles. The van der Waals surface area contributed by atoms with Gasteiger partial charge in [-0.25, -0.2) is 9.78 Å². The Hall–Kier alpha value is -1.81. The summed E-state index contributed by atoms with van der Waals surface area (Å²) in [6.07, 6.45) is 1.45. The van der Waals surface area contributed by atoms with Crippen LogP contribution in [0.15, 0.2) is 35.3 Å². The molecule has 0 saturated carbocycles. The van der Waals surface area contributed by atoms with Gasteiger partial charge in [-0.3, -0.25) is 0 Å². The first kappa shape index (κ1) is 10.7. The Morgan fingerprint density at radius 2 is 2.19 bits per heavy atom. The van der Waals surface area contributed by atoms with Crippen molar-refractivity contribution >= 4 is 11.6 Å². The van der Waals surface area contributed by atoms with Crippen LogP contribution in [-0.2, 0) is 0 Å². The molecule has 82 valence electrons. The summed E-state index contributed by atoms with van der Waals surface area (Å²) >= 11 is 5.99. The van der Waals surface area contributed by atoms with E-state index in [0.29, 0.717) is 16.5 Å². The van der Waals surface area contributed by atoms with Crippen molar-refractivity contribution in [3.05, 3.63) is 46.0 Å². The molecule has 0 spiro atoms. The van der Waals surface area contributed by atoms with Crippen LogP contribution in [0, 0.1) is 0 Å². The number of nitrogens with one attached hydrogen (secondary N) is 1. The summed E-state index contributed by atoms with van der Waals surface area (Å²) in [5.74, 6) is 0.599. The summed E-state index contributed by atoms with van der Waals surface area (Å²) in [4.78, 5) is 17.2. The summed E-state index contributed by atoms with van der Waals surface area (Å²) < 4.78 is 5.04. The molecule has 0 radical (unpaired) electrons. The van der Waals surface area contributed by atoms with Gasteiger partial charge < -0.3 is 9.72 Å².